The molecule has 1 saturated heterocycles. The van der Waals surface area contributed by atoms with Crippen molar-refractivity contribution in [3.05, 3.63) is 0 Å². The smallest absolute Gasteiger partial charge is 0.225 e. The van der Waals surface area contributed by atoms with Gasteiger partial charge in [-0.3, -0.25) is 4.79 Å². The van der Waals surface area contributed by atoms with Gasteiger partial charge in [-0.15, -0.1) is 0 Å². The van der Waals surface area contributed by atoms with E-state index in [2.05, 4.69) is 5.32 Å². The van der Waals surface area contributed by atoms with Gasteiger partial charge in [0.15, 0.2) is 0 Å². The molecule has 4 nitrogen and oxygen atoms in total. The summed E-state index contributed by atoms with van der Waals surface area (Å²) in [5.41, 5.74) is 0. The quantitative estimate of drug-likeness (QED) is 0.623. The second-order valence-electron chi connectivity index (χ2n) is 4.75. The van der Waals surface area contributed by atoms with Gasteiger partial charge in [-0.25, -0.2) is 0 Å². The second kappa shape index (κ2) is 6.86. The van der Waals surface area contributed by atoms with Crippen LogP contribution in [0.4, 0.5) is 0 Å². The number of hydrogen-bond donors (Lipinski definition) is 2. The van der Waals surface area contributed by atoms with E-state index in [-0.39, 0.29) is 18.4 Å². The van der Waals surface area contributed by atoms with Crippen LogP contribution < -0.4 is 5.32 Å². The third kappa shape index (κ3) is 3.76. The van der Waals surface area contributed by atoms with E-state index < -0.39 is 0 Å². The van der Waals surface area contributed by atoms with E-state index in [1.807, 2.05) is 18.9 Å². The Morgan fingerprint density at radius 1 is 1.44 bits per heavy atom. The lowest BCUT2D eigenvalue weighted by atomic mass is 9.88. The largest absolute Gasteiger partial charge is 0.396 e. The summed E-state index contributed by atoms with van der Waals surface area (Å²) in [6.07, 6.45) is 2.82. The fraction of sp³-hybridized carbons (Fsp3) is 0.917. The molecule has 1 amide bonds. The van der Waals surface area contributed by atoms with Crippen molar-refractivity contribution in [1.82, 2.24) is 10.2 Å². The third-order valence-electron chi connectivity index (χ3n) is 3.44. The molecule has 0 aliphatic carbocycles. The van der Waals surface area contributed by atoms with Crippen LogP contribution in [0.15, 0.2) is 0 Å². The summed E-state index contributed by atoms with van der Waals surface area (Å²) in [6, 6.07) is 0. The molecule has 0 spiro atoms. The molecule has 1 unspecified atom stereocenters. The summed E-state index contributed by atoms with van der Waals surface area (Å²) in [5, 5.41) is 11.9. The predicted molar refractivity (Wildman–Crippen MR) is 64.1 cm³/mol. The first-order valence-corrected chi connectivity index (χ1v) is 6.23. The van der Waals surface area contributed by atoms with Crippen molar-refractivity contribution in [2.45, 2.75) is 26.2 Å². The van der Waals surface area contributed by atoms with E-state index in [1.165, 1.54) is 0 Å². The zero-order valence-corrected chi connectivity index (χ0v) is 10.4. The van der Waals surface area contributed by atoms with Crippen molar-refractivity contribution in [2.24, 2.45) is 11.8 Å². The van der Waals surface area contributed by atoms with Crippen molar-refractivity contribution >= 4 is 5.91 Å². The van der Waals surface area contributed by atoms with Gasteiger partial charge in [-0.1, -0.05) is 6.92 Å². The Balaban J connectivity index is 2.18. The van der Waals surface area contributed by atoms with Gasteiger partial charge in [0.25, 0.3) is 0 Å². The molecule has 1 atom stereocenters. The average molecular weight is 228 g/mol. The first-order valence-electron chi connectivity index (χ1n) is 6.23. The van der Waals surface area contributed by atoms with E-state index in [4.69, 9.17) is 5.11 Å². The Hall–Kier alpha value is -0.610. The van der Waals surface area contributed by atoms with Crippen LogP contribution in [0.1, 0.15) is 26.2 Å². The van der Waals surface area contributed by atoms with Crippen molar-refractivity contribution < 1.29 is 9.90 Å². The monoisotopic (exact) mass is 228 g/mol. The molecule has 0 aromatic rings. The standard InChI is InChI=1S/C12H24N2O2/c1-10(11-8-13-9-11)12(16)14(2)6-4-3-5-7-15/h10-11,13,15H,3-9H2,1-2H3. The number of nitrogens with one attached hydrogen (secondary N) is 1. The van der Waals surface area contributed by atoms with Crippen molar-refractivity contribution in [3.63, 3.8) is 0 Å². The van der Waals surface area contributed by atoms with E-state index in [9.17, 15) is 4.79 Å². The van der Waals surface area contributed by atoms with E-state index in [1.54, 1.807) is 0 Å². The Morgan fingerprint density at radius 2 is 2.12 bits per heavy atom. The maximum atomic E-state index is 12.0. The van der Waals surface area contributed by atoms with Crippen LogP contribution in [-0.2, 0) is 4.79 Å². The zero-order valence-electron chi connectivity index (χ0n) is 10.4. The maximum absolute atomic E-state index is 12.0. The first-order chi connectivity index (χ1) is 7.66. The molecule has 1 aliphatic rings. The zero-order chi connectivity index (χ0) is 12.0. The Kier molecular flexibility index (Phi) is 5.77. The summed E-state index contributed by atoms with van der Waals surface area (Å²) in [4.78, 5) is 13.8. The highest BCUT2D eigenvalue weighted by atomic mass is 16.2. The van der Waals surface area contributed by atoms with Crippen LogP contribution >= 0.6 is 0 Å². The lowest BCUT2D eigenvalue weighted by Crippen LogP contribution is -2.50. The summed E-state index contributed by atoms with van der Waals surface area (Å²) in [5.74, 6) is 0.923. The van der Waals surface area contributed by atoms with Gasteiger partial charge in [-0.2, -0.15) is 0 Å². The number of carbonyl (C=O) groups is 1. The molecule has 1 rings (SSSR count). The molecular formula is C12H24N2O2. The molecule has 1 heterocycles. The highest BCUT2D eigenvalue weighted by Gasteiger charge is 2.30. The number of aliphatic hydroxyl groups excluding tert-OH is 1. The van der Waals surface area contributed by atoms with E-state index in [0.717, 1.165) is 38.9 Å². The third-order valence-corrected chi connectivity index (χ3v) is 3.44. The Bertz CT molecular complexity index is 217. The van der Waals surface area contributed by atoms with Gasteiger partial charge in [0.05, 0.1) is 0 Å². The molecule has 0 bridgehead atoms. The van der Waals surface area contributed by atoms with Crippen LogP contribution in [0, 0.1) is 11.8 Å². The summed E-state index contributed by atoms with van der Waals surface area (Å²) in [6.45, 7) is 5.04. The van der Waals surface area contributed by atoms with Gasteiger partial charge in [0.2, 0.25) is 5.91 Å². The summed E-state index contributed by atoms with van der Waals surface area (Å²) >= 11 is 0. The number of unbranched alkanes of at least 4 members (excludes halogenated alkanes) is 2. The molecule has 0 aromatic carbocycles. The molecule has 0 aromatic heterocycles. The normalized spacial score (nSPS) is 17.9. The highest BCUT2D eigenvalue weighted by molar-refractivity contribution is 5.78. The Morgan fingerprint density at radius 3 is 2.62 bits per heavy atom. The molecule has 0 radical (unpaired) electrons. The van der Waals surface area contributed by atoms with Crippen LogP contribution in [0.5, 0.6) is 0 Å². The van der Waals surface area contributed by atoms with Gasteiger partial charge in [-0.05, 0) is 38.3 Å². The minimum absolute atomic E-state index is 0.143. The molecule has 2 N–H and O–H groups in total. The number of amides is 1. The molecule has 16 heavy (non-hydrogen) atoms. The SMILES string of the molecule is CC(C(=O)N(C)CCCCCO)C1CNC1. The van der Waals surface area contributed by atoms with Crippen LogP contribution in [0.2, 0.25) is 0 Å². The molecule has 4 heteroatoms. The molecular weight excluding hydrogens is 204 g/mol. The van der Waals surface area contributed by atoms with Gasteiger partial charge in [0, 0.05) is 26.1 Å². The van der Waals surface area contributed by atoms with E-state index in [0.29, 0.717) is 5.92 Å². The van der Waals surface area contributed by atoms with Gasteiger partial charge < -0.3 is 15.3 Å². The van der Waals surface area contributed by atoms with Crippen LogP contribution in [-0.4, -0.2) is 49.2 Å². The summed E-state index contributed by atoms with van der Waals surface area (Å²) in [7, 11) is 1.88. The summed E-state index contributed by atoms with van der Waals surface area (Å²) < 4.78 is 0. The van der Waals surface area contributed by atoms with Crippen molar-refractivity contribution in [1.29, 1.82) is 0 Å². The molecule has 0 saturated carbocycles. The predicted octanol–water partition coefficient (Wildman–Crippen LogP) is 0.463. The second-order valence-corrected chi connectivity index (χ2v) is 4.75. The van der Waals surface area contributed by atoms with Crippen molar-refractivity contribution in [3.8, 4) is 0 Å². The number of hydrogen-bond acceptors (Lipinski definition) is 3. The number of rotatable bonds is 7. The van der Waals surface area contributed by atoms with Gasteiger partial charge in [0.1, 0.15) is 0 Å². The van der Waals surface area contributed by atoms with Crippen molar-refractivity contribution in [2.75, 3.05) is 33.3 Å². The topological polar surface area (TPSA) is 52.6 Å². The van der Waals surface area contributed by atoms with Crippen LogP contribution in [0.25, 0.3) is 0 Å². The molecule has 94 valence electrons. The fourth-order valence-corrected chi connectivity index (χ4v) is 1.96. The number of aliphatic hydroxyl groups is 1. The Labute approximate surface area is 98.0 Å². The molecule has 1 fully saturated rings. The minimum atomic E-state index is 0.143. The van der Waals surface area contributed by atoms with Crippen LogP contribution in [0.3, 0.4) is 0 Å². The minimum Gasteiger partial charge on any atom is -0.396 e. The number of nitrogens with zero attached hydrogens (tertiary/aromatic N) is 1. The maximum Gasteiger partial charge on any atom is 0.225 e. The van der Waals surface area contributed by atoms with Gasteiger partial charge >= 0.3 is 0 Å². The average Bonchev–Trinajstić information content (AvgIpc) is 2.20. The fourth-order valence-electron chi connectivity index (χ4n) is 1.96. The lowest BCUT2D eigenvalue weighted by molar-refractivity contribution is -0.136. The number of carbonyl (C=O) groups excluding carboxylic acids is 1. The van der Waals surface area contributed by atoms with E-state index >= 15 is 0 Å². The lowest BCUT2D eigenvalue weighted by Gasteiger charge is -2.34. The first kappa shape index (κ1) is 13.5. The highest BCUT2D eigenvalue weighted by Crippen LogP contribution is 2.18. The molecule has 1 aliphatic heterocycles.